The second kappa shape index (κ2) is 20.7. The molecule has 0 aromatic carbocycles. The molecule has 0 aromatic heterocycles. The number of rotatable bonds is 12. The Morgan fingerprint density at radius 1 is 0.750 bits per heavy atom. The molecule has 0 spiro atoms. The molecule has 0 saturated carbocycles. The van der Waals surface area contributed by atoms with E-state index in [0.717, 1.165) is 25.8 Å². The van der Waals surface area contributed by atoms with Gasteiger partial charge in [0.25, 0.3) is 0 Å². The summed E-state index contributed by atoms with van der Waals surface area (Å²) in [6.07, 6.45) is 13.6. The summed E-state index contributed by atoms with van der Waals surface area (Å²) in [5, 5.41) is 5.67. The molecule has 0 fully saturated rings. The average Bonchev–Trinajstić information content (AvgIpc) is 2.44. The molecular formula is C17H38N2O. The van der Waals surface area contributed by atoms with Crippen LogP contribution in [0.4, 0.5) is 0 Å². The smallest absolute Gasteiger partial charge is 0.219 e. The number of nitrogens with one attached hydrogen (secondary N) is 2. The maximum Gasteiger partial charge on any atom is 0.219 e. The molecule has 20 heavy (non-hydrogen) atoms. The molecule has 1 amide bonds. The van der Waals surface area contributed by atoms with Gasteiger partial charge >= 0.3 is 0 Å². The molecule has 122 valence electrons. The van der Waals surface area contributed by atoms with Gasteiger partial charge in [0.2, 0.25) is 5.91 Å². The fourth-order valence-electron chi connectivity index (χ4n) is 1.95. The second-order valence-electron chi connectivity index (χ2n) is 5.43. The van der Waals surface area contributed by atoms with E-state index in [1.807, 2.05) is 14.1 Å². The van der Waals surface area contributed by atoms with Crippen LogP contribution >= 0.6 is 0 Å². The third-order valence-corrected chi connectivity index (χ3v) is 3.08. The lowest BCUT2D eigenvalue weighted by molar-refractivity contribution is -0.121. The molecule has 0 radical (unpaired) electrons. The molecule has 0 aliphatic rings. The van der Waals surface area contributed by atoms with Gasteiger partial charge in [-0.25, -0.2) is 0 Å². The van der Waals surface area contributed by atoms with E-state index in [1.165, 1.54) is 51.4 Å². The zero-order valence-electron chi connectivity index (χ0n) is 14.4. The number of hydrogen-bond donors (Lipinski definition) is 2. The van der Waals surface area contributed by atoms with Crippen LogP contribution in [0.2, 0.25) is 0 Å². The molecule has 0 rings (SSSR count). The minimum atomic E-state index is 0.231. The van der Waals surface area contributed by atoms with Crippen LogP contribution in [0.15, 0.2) is 0 Å². The second-order valence-corrected chi connectivity index (χ2v) is 5.43. The van der Waals surface area contributed by atoms with E-state index in [9.17, 15) is 4.79 Å². The predicted octanol–water partition coefficient (Wildman–Crippen LogP) is 4.27. The summed E-state index contributed by atoms with van der Waals surface area (Å²) < 4.78 is 0. The number of hydrogen-bond acceptors (Lipinski definition) is 2. The van der Waals surface area contributed by atoms with E-state index in [0.29, 0.717) is 0 Å². The van der Waals surface area contributed by atoms with Crippen molar-refractivity contribution >= 4 is 5.91 Å². The Morgan fingerprint density at radius 2 is 1.20 bits per heavy atom. The Balaban J connectivity index is 0. The lowest BCUT2D eigenvalue weighted by Crippen LogP contribution is -2.23. The van der Waals surface area contributed by atoms with Gasteiger partial charge in [-0.1, -0.05) is 65.2 Å². The highest BCUT2D eigenvalue weighted by atomic mass is 16.1. The first kappa shape index (κ1) is 21.7. The third kappa shape index (κ3) is 22.6. The first-order valence-corrected chi connectivity index (χ1v) is 8.58. The molecule has 3 heteroatoms. The first-order chi connectivity index (χ1) is 9.72. The summed E-state index contributed by atoms with van der Waals surface area (Å²) in [5.41, 5.74) is 0. The molecule has 2 N–H and O–H groups in total. The van der Waals surface area contributed by atoms with E-state index in [4.69, 9.17) is 0 Å². The summed E-state index contributed by atoms with van der Waals surface area (Å²) in [5.74, 6) is 0.231. The molecule has 0 heterocycles. The SMILES string of the molecule is CCCCCCCCCCCC(=O)NCCC.CNC. The monoisotopic (exact) mass is 286 g/mol. The minimum absolute atomic E-state index is 0.231. The van der Waals surface area contributed by atoms with Crippen LogP contribution in [0.3, 0.4) is 0 Å². The van der Waals surface area contributed by atoms with Crippen LogP contribution in [0.1, 0.15) is 84.5 Å². The topological polar surface area (TPSA) is 41.1 Å². The van der Waals surface area contributed by atoms with Crippen molar-refractivity contribution in [3.05, 3.63) is 0 Å². The molecule has 0 atom stereocenters. The van der Waals surface area contributed by atoms with Crippen molar-refractivity contribution in [3.8, 4) is 0 Å². The summed E-state index contributed by atoms with van der Waals surface area (Å²) in [6.45, 7) is 5.17. The van der Waals surface area contributed by atoms with Crippen molar-refractivity contribution in [1.82, 2.24) is 10.6 Å². The molecule has 0 saturated heterocycles. The van der Waals surface area contributed by atoms with E-state index in [-0.39, 0.29) is 5.91 Å². The largest absolute Gasteiger partial charge is 0.356 e. The van der Waals surface area contributed by atoms with E-state index < -0.39 is 0 Å². The van der Waals surface area contributed by atoms with Crippen LogP contribution in [-0.4, -0.2) is 26.5 Å². The lowest BCUT2D eigenvalue weighted by Gasteiger charge is -2.03. The molecule has 0 bridgehead atoms. The maximum absolute atomic E-state index is 11.3. The van der Waals surface area contributed by atoms with Gasteiger partial charge in [-0.15, -0.1) is 0 Å². The Kier molecular flexibility index (Phi) is 22.5. The van der Waals surface area contributed by atoms with E-state index in [2.05, 4.69) is 24.5 Å². The quantitative estimate of drug-likeness (QED) is 0.526. The zero-order chi connectivity index (χ0) is 15.5. The van der Waals surface area contributed by atoms with E-state index >= 15 is 0 Å². The van der Waals surface area contributed by atoms with Crippen LogP contribution in [0, 0.1) is 0 Å². The third-order valence-electron chi connectivity index (χ3n) is 3.08. The van der Waals surface area contributed by atoms with Crippen molar-refractivity contribution in [2.45, 2.75) is 84.5 Å². The molecule has 0 aliphatic heterocycles. The molecule has 0 aliphatic carbocycles. The van der Waals surface area contributed by atoms with Crippen molar-refractivity contribution < 1.29 is 4.79 Å². The Hall–Kier alpha value is -0.570. The first-order valence-electron chi connectivity index (χ1n) is 8.58. The number of amides is 1. The number of unbranched alkanes of at least 4 members (excludes halogenated alkanes) is 8. The van der Waals surface area contributed by atoms with Crippen LogP contribution in [-0.2, 0) is 4.79 Å². The summed E-state index contributed by atoms with van der Waals surface area (Å²) in [4.78, 5) is 11.3. The van der Waals surface area contributed by atoms with Crippen LogP contribution in [0.5, 0.6) is 0 Å². The van der Waals surface area contributed by atoms with Gasteiger partial charge in [-0.2, -0.15) is 0 Å². The summed E-state index contributed by atoms with van der Waals surface area (Å²) in [7, 11) is 3.75. The van der Waals surface area contributed by atoms with Gasteiger partial charge in [0.15, 0.2) is 0 Å². The van der Waals surface area contributed by atoms with Crippen molar-refractivity contribution in [2.75, 3.05) is 20.6 Å². The summed E-state index contributed by atoms with van der Waals surface area (Å²) in [6, 6.07) is 0. The highest BCUT2D eigenvalue weighted by Crippen LogP contribution is 2.10. The van der Waals surface area contributed by atoms with Crippen LogP contribution in [0.25, 0.3) is 0 Å². The normalized spacial score (nSPS) is 9.80. The van der Waals surface area contributed by atoms with Crippen molar-refractivity contribution in [2.24, 2.45) is 0 Å². The lowest BCUT2D eigenvalue weighted by atomic mass is 10.1. The highest BCUT2D eigenvalue weighted by molar-refractivity contribution is 5.75. The molecule has 0 unspecified atom stereocenters. The van der Waals surface area contributed by atoms with Gasteiger partial charge < -0.3 is 10.6 Å². The van der Waals surface area contributed by atoms with Crippen molar-refractivity contribution in [1.29, 1.82) is 0 Å². The number of carbonyl (C=O) groups excluding carboxylic acids is 1. The molecule has 0 aromatic rings. The molecule has 3 nitrogen and oxygen atoms in total. The molecular weight excluding hydrogens is 248 g/mol. The van der Waals surface area contributed by atoms with Crippen molar-refractivity contribution in [3.63, 3.8) is 0 Å². The van der Waals surface area contributed by atoms with Gasteiger partial charge in [-0.05, 0) is 26.9 Å². The highest BCUT2D eigenvalue weighted by Gasteiger charge is 1.99. The van der Waals surface area contributed by atoms with E-state index in [1.54, 1.807) is 0 Å². The van der Waals surface area contributed by atoms with Gasteiger partial charge in [-0.3, -0.25) is 4.79 Å². The Labute approximate surface area is 127 Å². The maximum atomic E-state index is 11.3. The Bertz CT molecular complexity index is 184. The standard InChI is InChI=1S/C15H31NO.C2H7N/c1-3-5-6-7-8-9-10-11-12-13-15(17)16-14-4-2;1-3-2/h3-14H2,1-2H3,(H,16,17);3H,1-2H3. The van der Waals surface area contributed by atoms with Crippen LogP contribution < -0.4 is 10.6 Å². The van der Waals surface area contributed by atoms with Gasteiger partial charge in [0.05, 0.1) is 0 Å². The summed E-state index contributed by atoms with van der Waals surface area (Å²) >= 11 is 0. The number of carbonyl (C=O) groups is 1. The fourth-order valence-corrected chi connectivity index (χ4v) is 1.95. The minimum Gasteiger partial charge on any atom is -0.356 e. The zero-order valence-corrected chi connectivity index (χ0v) is 14.4. The average molecular weight is 287 g/mol. The fraction of sp³-hybridized carbons (Fsp3) is 0.941. The predicted molar refractivity (Wildman–Crippen MR) is 90.1 cm³/mol. The van der Waals surface area contributed by atoms with Gasteiger partial charge in [0, 0.05) is 13.0 Å². The Morgan fingerprint density at radius 3 is 1.65 bits per heavy atom. The van der Waals surface area contributed by atoms with Gasteiger partial charge in [0.1, 0.15) is 0 Å².